The summed E-state index contributed by atoms with van der Waals surface area (Å²) in [5.41, 5.74) is 7.72. The van der Waals surface area contributed by atoms with Gasteiger partial charge in [-0.1, -0.05) is 30.7 Å². The summed E-state index contributed by atoms with van der Waals surface area (Å²) in [6.45, 7) is 2.66. The third-order valence-corrected chi connectivity index (χ3v) is 3.08. The average molecular weight is 235 g/mol. The van der Waals surface area contributed by atoms with Crippen molar-refractivity contribution in [3.8, 4) is 0 Å². The van der Waals surface area contributed by atoms with Gasteiger partial charge in [0.15, 0.2) is 0 Å². The zero-order chi connectivity index (χ0) is 12.7. The molecule has 1 aromatic carbocycles. The predicted molar refractivity (Wildman–Crippen MR) is 68.9 cm³/mol. The molecular weight excluding hydrogens is 214 g/mol. The Hall–Kier alpha value is -1.35. The van der Waals surface area contributed by atoms with E-state index in [0.717, 1.165) is 24.0 Å². The Balaban J connectivity index is 2.61. The minimum absolute atomic E-state index is 0.289. The van der Waals surface area contributed by atoms with E-state index >= 15 is 0 Å². The highest BCUT2D eigenvalue weighted by Crippen LogP contribution is 2.18. The molecule has 1 atom stereocenters. The number of benzene rings is 1. The number of aryl methyl sites for hydroxylation is 1. The fourth-order valence-corrected chi connectivity index (χ4v) is 1.95. The zero-order valence-corrected chi connectivity index (χ0v) is 10.4. The van der Waals surface area contributed by atoms with Crippen LogP contribution in [0.15, 0.2) is 24.3 Å². The van der Waals surface area contributed by atoms with Crippen molar-refractivity contribution in [2.75, 3.05) is 6.54 Å². The Bertz CT molecular complexity index is 363. The summed E-state index contributed by atoms with van der Waals surface area (Å²) in [6, 6.07) is 7.96. The van der Waals surface area contributed by atoms with Gasteiger partial charge >= 0.3 is 5.97 Å². The topological polar surface area (TPSA) is 63.3 Å². The average Bonchev–Trinajstić information content (AvgIpc) is 2.30. The number of nitrogens with two attached hydrogens (primary N) is 1. The summed E-state index contributed by atoms with van der Waals surface area (Å²) < 4.78 is 0. The van der Waals surface area contributed by atoms with Crippen molar-refractivity contribution in [3.05, 3.63) is 35.4 Å². The van der Waals surface area contributed by atoms with Crippen molar-refractivity contribution in [3.63, 3.8) is 0 Å². The molecule has 3 nitrogen and oxygen atoms in total. The number of unbranched alkanes of at least 4 members (excludes halogenated alkanes) is 1. The maximum Gasteiger partial charge on any atom is 0.306 e. The maximum absolute atomic E-state index is 11.2. The van der Waals surface area contributed by atoms with Crippen molar-refractivity contribution < 1.29 is 9.90 Å². The van der Waals surface area contributed by atoms with Crippen LogP contribution < -0.4 is 5.73 Å². The fourth-order valence-electron chi connectivity index (χ4n) is 1.95. The minimum atomic E-state index is -0.703. The SMILES string of the molecule is Cc1ccccc1CC(CCCCN)C(=O)O. The van der Waals surface area contributed by atoms with Crippen LogP contribution in [0.5, 0.6) is 0 Å². The van der Waals surface area contributed by atoms with Gasteiger partial charge in [-0.25, -0.2) is 0 Å². The molecule has 0 amide bonds. The molecule has 0 aliphatic carbocycles. The second-order valence-electron chi connectivity index (χ2n) is 4.45. The highest BCUT2D eigenvalue weighted by molar-refractivity contribution is 5.70. The van der Waals surface area contributed by atoms with Crippen molar-refractivity contribution >= 4 is 5.97 Å². The van der Waals surface area contributed by atoms with Crippen LogP contribution in [0.25, 0.3) is 0 Å². The van der Waals surface area contributed by atoms with E-state index in [9.17, 15) is 9.90 Å². The van der Waals surface area contributed by atoms with Crippen LogP contribution in [0.3, 0.4) is 0 Å². The Kier molecular flexibility index (Phi) is 5.70. The van der Waals surface area contributed by atoms with E-state index in [4.69, 9.17) is 5.73 Å². The van der Waals surface area contributed by atoms with Gasteiger partial charge in [0.05, 0.1) is 5.92 Å². The van der Waals surface area contributed by atoms with E-state index < -0.39 is 5.97 Å². The Morgan fingerprint density at radius 1 is 1.35 bits per heavy atom. The first-order valence-electron chi connectivity index (χ1n) is 6.12. The standard InChI is InChI=1S/C14H21NO2/c1-11-6-2-3-7-12(11)10-13(14(16)17)8-4-5-9-15/h2-3,6-7,13H,4-5,8-10,15H2,1H3,(H,16,17). The first kappa shape index (κ1) is 13.7. The van der Waals surface area contributed by atoms with Gasteiger partial charge in [-0.05, 0) is 43.9 Å². The summed E-state index contributed by atoms with van der Waals surface area (Å²) in [5, 5.41) is 9.19. The van der Waals surface area contributed by atoms with Crippen LogP contribution in [-0.4, -0.2) is 17.6 Å². The van der Waals surface area contributed by atoms with Crippen LogP contribution in [0.4, 0.5) is 0 Å². The quantitative estimate of drug-likeness (QED) is 0.713. The molecular formula is C14H21NO2. The minimum Gasteiger partial charge on any atom is -0.481 e. The summed E-state index contributed by atoms with van der Waals surface area (Å²) in [6.07, 6.45) is 3.12. The fraction of sp³-hybridized carbons (Fsp3) is 0.500. The van der Waals surface area contributed by atoms with E-state index in [0.29, 0.717) is 19.4 Å². The first-order valence-corrected chi connectivity index (χ1v) is 6.12. The number of aliphatic carboxylic acids is 1. The third kappa shape index (κ3) is 4.57. The number of carboxylic acids is 1. The van der Waals surface area contributed by atoms with E-state index in [1.165, 1.54) is 0 Å². The predicted octanol–water partition coefficient (Wildman–Crippen LogP) is 2.37. The molecule has 0 aliphatic heterocycles. The monoisotopic (exact) mass is 235 g/mol. The van der Waals surface area contributed by atoms with E-state index in [2.05, 4.69) is 0 Å². The molecule has 17 heavy (non-hydrogen) atoms. The molecule has 1 rings (SSSR count). The zero-order valence-electron chi connectivity index (χ0n) is 10.4. The van der Waals surface area contributed by atoms with E-state index in [1.807, 2.05) is 31.2 Å². The summed E-state index contributed by atoms with van der Waals surface area (Å²) >= 11 is 0. The molecule has 0 aliphatic rings. The Morgan fingerprint density at radius 3 is 2.65 bits per heavy atom. The van der Waals surface area contributed by atoms with Gasteiger partial charge in [-0.2, -0.15) is 0 Å². The summed E-state index contributed by atoms with van der Waals surface area (Å²) in [4.78, 5) is 11.2. The molecule has 3 heteroatoms. The van der Waals surface area contributed by atoms with Crippen LogP contribution in [0.1, 0.15) is 30.4 Å². The number of rotatable bonds is 7. The molecule has 1 aromatic rings. The van der Waals surface area contributed by atoms with Gasteiger partial charge in [0.25, 0.3) is 0 Å². The number of carboxylic acid groups (broad SMARTS) is 1. The Morgan fingerprint density at radius 2 is 2.06 bits per heavy atom. The van der Waals surface area contributed by atoms with E-state index in [-0.39, 0.29) is 5.92 Å². The molecule has 3 N–H and O–H groups in total. The largest absolute Gasteiger partial charge is 0.481 e. The van der Waals surface area contributed by atoms with Gasteiger partial charge in [-0.3, -0.25) is 4.79 Å². The lowest BCUT2D eigenvalue weighted by atomic mass is 9.92. The lowest BCUT2D eigenvalue weighted by molar-refractivity contribution is -0.142. The van der Waals surface area contributed by atoms with Crippen molar-refractivity contribution in [1.82, 2.24) is 0 Å². The molecule has 0 spiro atoms. The van der Waals surface area contributed by atoms with Gasteiger partial charge in [-0.15, -0.1) is 0 Å². The molecule has 0 aromatic heterocycles. The van der Waals surface area contributed by atoms with Gasteiger partial charge in [0, 0.05) is 0 Å². The molecule has 0 saturated heterocycles. The molecule has 94 valence electrons. The normalized spacial score (nSPS) is 12.4. The first-order chi connectivity index (χ1) is 8.15. The summed E-state index contributed by atoms with van der Waals surface area (Å²) in [7, 11) is 0. The van der Waals surface area contributed by atoms with Crippen molar-refractivity contribution in [2.24, 2.45) is 11.7 Å². The molecule has 0 heterocycles. The lowest BCUT2D eigenvalue weighted by Crippen LogP contribution is -2.17. The van der Waals surface area contributed by atoms with Gasteiger partial charge < -0.3 is 10.8 Å². The van der Waals surface area contributed by atoms with Gasteiger partial charge in [0.1, 0.15) is 0 Å². The molecule has 0 bridgehead atoms. The van der Waals surface area contributed by atoms with Crippen LogP contribution in [-0.2, 0) is 11.2 Å². The lowest BCUT2D eigenvalue weighted by Gasteiger charge is -2.13. The second-order valence-corrected chi connectivity index (χ2v) is 4.45. The molecule has 0 radical (unpaired) electrons. The third-order valence-electron chi connectivity index (χ3n) is 3.08. The maximum atomic E-state index is 11.2. The number of hydrogen-bond acceptors (Lipinski definition) is 2. The summed E-state index contributed by atoms with van der Waals surface area (Å²) in [5.74, 6) is -0.993. The van der Waals surface area contributed by atoms with Crippen LogP contribution in [0.2, 0.25) is 0 Å². The molecule has 0 fully saturated rings. The molecule has 0 saturated carbocycles. The second kappa shape index (κ2) is 7.07. The Labute approximate surface area is 103 Å². The van der Waals surface area contributed by atoms with Crippen LogP contribution >= 0.6 is 0 Å². The van der Waals surface area contributed by atoms with E-state index in [1.54, 1.807) is 0 Å². The van der Waals surface area contributed by atoms with Crippen molar-refractivity contribution in [1.29, 1.82) is 0 Å². The highest BCUT2D eigenvalue weighted by Gasteiger charge is 2.18. The van der Waals surface area contributed by atoms with Gasteiger partial charge in [0.2, 0.25) is 0 Å². The number of carbonyl (C=O) groups is 1. The van der Waals surface area contributed by atoms with Crippen molar-refractivity contribution in [2.45, 2.75) is 32.6 Å². The van der Waals surface area contributed by atoms with Crippen LogP contribution in [0, 0.1) is 12.8 Å². The molecule has 1 unspecified atom stereocenters. The highest BCUT2D eigenvalue weighted by atomic mass is 16.4. The number of hydrogen-bond donors (Lipinski definition) is 2. The smallest absolute Gasteiger partial charge is 0.306 e.